The normalized spacial score (nSPS) is 12.1. The largest absolute Gasteiger partial charge is 0.462 e. The lowest BCUT2D eigenvalue weighted by atomic mass is 9.87. The molecule has 0 saturated heterocycles. The maximum Gasteiger partial charge on any atom is 0.293 e. The molecule has 10 heteroatoms. The van der Waals surface area contributed by atoms with Gasteiger partial charge in [0.2, 0.25) is 0 Å². The van der Waals surface area contributed by atoms with Crippen molar-refractivity contribution in [1.29, 1.82) is 0 Å². The SMILES string of the molecule is CC(C)(C)OC=O.CC(C)(C)c1ccc(S(=O)(=O)n2ccc3nc(NN)cnc32)cc1. The molecule has 0 radical (unpaired) electrons. The van der Waals surface area contributed by atoms with Crippen molar-refractivity contribution in [2.24, 2.45) is 5.84 Å². The molecule has 31 heavy (non-hydrogen) atoms. The Kier molecular flexibility index (Phi) is 7.07. The van der Waals surface area contributed by atoms with E-state index in [1.54, 1.807) is 18.2 Å². The van der Waals surface area contributed by atoms with Gasteiger partial charge in [0.1, 0.15) is 11.1 Å². The summed E-state index contributed by atoms with van der Waals surface area (Å²) < 4.78 is 31.4. The lowest BCUT2D eigenvalue weighted by Gasteiger charge is -2.19. The highest BCUT2D eigenvalue weighted by Crippen LogP contribution is 2.25. The van der Waals surface area contributed by atoms with Crippen molar-refractivity contribution >= 4 is 33.5 Å². The lowest BCUT2D eigenvalue weighted by Crippen LogP contribution is -2.17. The van der Waals surface area contributed by atoms with Crippen LogP contribution in [0.4, 0.5) is 5.82 Å². The van der Waals surface area contributed by atoms with Crippen LogP contribution in [0.15, 0.2) is 47.6 Å². The number of nitrogens with two attached hydrogens (primary N) is 1. The molecular formula is C21H29N5O4S. The Morgan fingerprint density at radius 3 is 2.13 bits per heavy atom. The first-order valence-electron chi connectivity index (χ1n) is 9.58. The number of carbonyl (C=O) groups excluding carboxylic acids is 1. The third-order valence-electron chi connectivity index (χ3n) is 4.18. The monoisotopic (exact) mass is 447 g/mol. The number of hydrogen-bond acceptors (Lipinski definition) is 8. The number of benzene rings is 1. The minimum absolute atomic E-state index is 0.0421. The predicted octanol–water partition coefficient (Wildman–Crippen LogP) is 3.21. The Hall–Kier alpha value is -2.98. The zero-order valence-corrected chi connectivity index (χ0v) is 19.4. The molecule has 3 rings (SSSR count). The van der Waals surface area contributed by atoms with E-state index >= 15 is 0 Å². The predicted molar refractivity (Wildman–Crippen MR) is 120 cm³/mol. The molecule has 2 aromatic heterocycles. The fourth-order valence-electron chi connectivity index (χ4n) is 2.54. The zero-order valence-electron chi connectivity index (χ0n) is 18.6. The molecular weight excluding hydrogens is 418 g/mol. The summed E-state index contributed by atoms with van der Waals surface area (Å²) in [4.78, 5) is 18.1. The number of nitrogens with one attached hydrogen (secondary N) is 1. The molecule has 0 saturated carbocycles. The Balaban J connectivity index is 0.000000423. The number of nitrogen functional groups attached to an aromatic ring is 1. The van der Waals surface area contributed by atoms with Crippen LogP contribution in [0.1, 0.15) is 47.1 Å². The van der Waals surface area contributed by atoms with E-state index < -0.39 is 10.0 Å². The van der Waals surface area contributed by atoms with E-state index in [2.05, 4.69) is 40.9 Å². The molecule has 0 atom stereocenters. The molecule has 0 aliphatic rings. The van der Waals surface area contributed by atoms with Gasteiger partial charge < -0.3 is 10.2 Å². The molecule has 0 aliphatic heterocycles. The van der Waals surface area contributed by atoms with Crippen LogP contribution in [0, 0.1) is 0 Å². The number of aromatic nitrogens is 3. The van der Waals surface area contributed by atoms with Crippen molar-refractivity contribution in [1.82, 2.24) is 13.9 Å². The van der Waals surface area contributed by atoms with Gasteiger partial charge in [-0.2, -0.15) is 0 Å². The maximum absolute atomic E-state index is 12.9. The summed E-state index contributed by atoms with van der Waals surface area (Å²) in [5.74, 6) is 5.66. The molecule has 0 unspecified atom stereocenters. The average molecular weight is 448 g/mol. The molecule has 0 aliphatic carbocycles. The Morgan fingerprint density at radius 2 is 1.68 bits per heavy atom. The van der Waals surface area contributed by atoms with Gasteiger partial charge in [0.05, 0.1) is 11.1 Å². The second-order valence-corrected chi connectivity index (χ2v) is 10.6. The van der Waals surface area contributed by atoms with Crippen LogP contribution in [-0.2, 0) is 25.0 Å². The summed E-state index contributed by atoms with van der Waals surface area (Å²) in [6.07, 6.45) is 2.83. The van der Waals surface area contributed by atoms with Crippen molar-refractivity contribution < 1.29 is 17.9 Å². The fourth-order valence-corrected chi connectivity index (χ4v) is 3.83. The second kappa shape index (κ2) is 9.03. The summed E-state index contributed by atoms with van der Waals surface area (Å²) in [7, 11) is -3.74. The highest BCUT2D eigenvalue weighted by Gasteiger charge is 2.21. The topological polar surface area (TPSA) is 129 Å². The summed E-state index contributed by atoms with van der Waals surface area (Å²) >= 11 is 0. The van der Waals surface area contributed by atoms with Crippen molar-refractivity contribution in [2.45, 2.75) is 57.5 Å². The van der Waals surface area contributed by atoms with Gasteiger partial charge in [0.15, 0.2) is 11.5 Å². The molecule has 0 spiro atoms. The van der Waals surface area contributed by atoms with E-state index in [1.165, 1.54) is 12.4 Å². The molecule has 3 aromatic rings. The Morgan fingerprint density at radius 1 is 1.06 bits per heavy atom. The number of anilines is 1. The van der Waals surface area contributed by atoms with Crippen molar-refractivity contribution in [2.75, 3.05) is 5.43 Å². The Labute approximate surface area is 182 Å². The smallest absolute Gasteiger partial charge is 0.293 e. The van der Waals surface area contributed by atoms with Crippen LogP contribution >= 0.6 is 0 Å². The first kappa shape index (κ1) is 24.3. The van der Waals surface area contributed by atoms with Gasteiger partial charge in [-0.25, -0.2) is 28.2 Å². The van der Waals surface area contributed by atoms with Gasteiger partial charge in [-0.1, -0.05) is 32.9 Å². The van der Waals surface area contributed by atoms with Gasteiger partial charge in [-0.3, -0.25) is 4.79 Å². The minimum Gasteiger partial charge on any atom is -0.462 e. The van der Waals surface area contributed by atoms with Gasteiger partial charge in [-0.15, -0.1) is 0 Å². The molecule has 0 bridgehead atoms. The number of carbonyl (C=O) groups is 1. The highest BCUT2D eigenvalue weighted by atomic mass is 32.2. The summed E-state index contributed by atoms with van der Waals surface area (Å²) in [5.41, 5.74) is 3.80. The van der Waals surface area contributed by atoms with Crippen LogP contribution < -0.4 is 11.3 Å². The number of ether oxygens (including phenoxy) is 1. The third kappa shape index (κ3) is 6.02. The number of rotatable bonds is 4. The van der Waals surface area contributed by atoms with E-state index in [1.807, 2.05) is 32.9 Å². The van der Waals surface area contributed by atoms with Crippen LogP contribution in [0.25, 0.3) is 11.2 Å². The first-order valence-corrected chi connectivity index (χ1v) is 11.0. The van der Waals surface area contributed by atoms with Gasteiger partial charge in [0.25, 0.3) is 16.5 Å². The fraction of sp³-hybridized carbons (Fsp3) is 0.381. The van der Waals surface area contributed by atoms with Gasteiger partial charge >= 0.3 is 0 Å². The average Bonchev–Trinajstić information content (AvgIpc) is 3.11. The number of hydrogen-bond donors (Lipinski definition) is 2. The lowest BCUT2D eigenvalue weighted by molar-refractivity contribution is -0.138. The van der Waals surface area contributed by atoms with Crippen molar-refractivity contribution in [3.05, 3.63) is 48.3 Å². The van der Waals surface area contributed by atoms with Crippen LogP contribution in [-0.4, -0.2) is 34.4 Å². The zero-order chi connectivity index (χ0) is 23.4. The number of hydrazine groups is 1. The molecule has 9 nitrogen and oxygen atoms in total. The first-order chi connectivity index (χ1) is 14.3. The van der Waals surface area contributed by atoms with Gasteiger partial charge in [0, 0.05) is 6.20 Å². The van der Waals surface area contributed by atoms with Crippen LogP contribution in [0.2, 0.25) is 0 Å². The molecule has 1 aromatic carbocycles. The number of fused-ring (bicyclic) bond motifs is 1. The third-order valence-corrected chi connectivity index (χ3v) is 5.86. The number of nitrogens with zero attached hydrogens (tertiary/aromatic N) is 3. The minimum atomic E-state index is -3.74. The van der Waals surface area contributed by atoms with E-state index in [0.717, 1.165) is 9.54 Å². The summed E-state index contributed by atoms with van der Waals surface area (Å²) in [5, 5.41) is 0. The van der Waals surface area contributed by atoms with Crippen molar-refractivity contribution in [3.63, 3.8) is 0 Å². The summed E-state index contributed by atoms with van der Waals surface area (Å²) in [6.45, 7) is 12.2. The summed E-state index contributed by atoms with van der Waals surface area (Å²) in [6, 6.07) is 8.49. The molecule has 3 N–H and O–H groups in total. The van der Waals surface area contributed by atoms with Crippen LogP contribution in [0.3, 0.4) is 0 Å². The molecule has 0 fully saturated rings. The van der Waals surface area contributed by atoms with Crippen LogP contribution in [0.5, 0.6) is 0 Å². The standard InChI is InChI=1S/C16H19N5O2S.C5H10O2/c1-16(2,3)11-4-6-12(7-5-11)24(22,23)21-9-8-13-15(21)18-10-14(19-13)20-17;1-5(2,3)7-4-6/h4-10H,17H2,1-3H3,(H,19,20);4H,1-3H3. The van der Waals surface area contributed by atoms with Crippen molar-refractivity contribution in [3.8, 4) is 0 Å². The van der Waals surface area contributed by atoms with E-state index in [0.29, 0.717) is 17.8 Å². The maximum atomic E-state index is 12.9. The molecule has 168 valence electrons. The second-order valence-electron chi connectivity index (χ2n) is 8.83. The Bertz CT molecular complexity index is 1140. The highest BCUT2D eigenvalue weighted by molar-refractivity contribution is 7.90. The quantitative estimate of drug-likeness (QED) is 0.354. The van der Waals surface area contributed by atoms with E-state index in [4.69, 9.17) is 5.84 Å². The van der Waals surface area contributed by atoms with E-state index in [-0.39, 0.29) is 21.6 Å². The van der Waals surface area contributed by atoms with E-state index in [9.17, 15) is 13.2 Å². The molecule has 2 heterocycles. The molecule has 0 amide bonds. The van der Waals surface area contributed by atoms with Gasteiger partial charge in [-0.05, 0) is 49.9 Å².